The second kappa shape index (κ2) is 6.73. The van der Waals surface area contributed by atoms with Gasteiger partial charge in [-0.25, -0.2) is 0 Å². The summed E-state index contributed by atoms with van der Waals surface area (Å²) in [5, 5.41) is 0.739. The third-order valence-corrected chi connectivity index (χ3v) is 3.64. The van der Waals surface area contributed by atoms with Crippen molar-refractivity contribution in [1.82, 2.24) is 4.98 Å². The normalized spacial score (nSPS) is 12.2. The van der Waals surface area contributed by atoms with Gasteiger partial charge in [-0.15, -0.1) is 0 Å². The summed E-state index contributed by atoms with van der Waals surface area (Å²) in [6, 6.07) is 12.0. The molecule has 20 heavy (non-hydrogen) atoms. The van der Waals surface area contributed by atoms with Crippen LogP contribution in [0.25, 0.3) is 0 Å². The highest BCUT2D eigenvalue weighted by Crippen LogP contribution is 2.27. The number of pyridine rings is 1. The molecule has 0 saturated carbocycles. The monoisotopic (exact) mass is 289 g/mol. The van der Waals surface area contributed by atoms with Crippen LogP contribution in [0.1, 0.15) is 24.2 Å². The van der Waals surface area contributed by atoms with E-state index >= 15 is 0 Å². The lowest BCUT2D eigenvalue weighted by atomic mass is 10.1. The van der Waals surface area contributed by atoms with Gasteiger partial charge in [0.15, 0.2) is 0 Å². The zero-order chi connectivity index (χ0) is 14.5. The summed E-state index contributed by atoms with van der Waals surface area (Å²) < 4.78 is 0. The maximum absolute atomic E-state index is 6.34. The van der Waals surface area contributed by atoms with Gasteiger partial charge < -0.3 is 10.6 Å². The van der Waals surface area contributed by atoms with Crippen molar-refractivity contribution >= 4 is 17.3 Å². The Kier molecular flexibility index (Phi) is 4.99. The highest BCUT2D eigenvalue weighted by Gasteiger charge is 2.09. The lowest BCUT2D eigenvalue weighted by Gasteiger charge is -2.21. The first-order chi connectivity index (χ1) is 9.58. The van der Waals surface area contributed by atoms with Crippen molar-refractivity contribution in [2.24, 2.45) is 5.73 Å². The average Bonchev–Trinajstić information content (AvgIpc) is 2.45. The van der Waals surface area contributed by atoms with Gasteiger partial charge in [-0.2, -0.15) is 0 Å². The van der Waals surface area contributed by atoms with E-state index in [1.807, 2.05) is 56.6 Å². The summed E-state index contributed by atoms with van der Waals surface area (Å²) in [6.45, 7) is 2.82. The minimum Gasteiger partial charge on any atom is -0.373 e. The van der Waals surface area contributed by atoms with Crippen LogP contribution < -0.4 is 10.6 Å². The Balaban J connectivity index is 2.04. The van der Waals surface area contributed by atoms with Crippen LogP contribution in [0.2, 0.25) is 5.02 Å². The van der Waals surface area contributed by atoms with Crippen molar-refractivity contribution in [1.29, 1.82) is 0 Å². The number of hydrogen-bond donors (Lipinski definition) is 1. The Labute approximate surface area is 125 Å². The number of anilines is 1. The molecule has 0 bridgehead atoms. The first-order valence-electron chi connectivity index (χ1n) is 6.74. The van der Waals surface area contributed by atoms with E-state index in [4.69, 9.17) is 17.3 Å². The second-order valence-corrected chi connectivity index (χ2v) is 5.40. The second-order valence-electron chi connectivity index (χ2n) is 4.99. The topological polar surface area (TPSA) is 42.1 Å². The molecule has 0 radical (unpaired) electrons. The van der Waals surface area contributed by atoms with Gasteiger partial charge in [-0.3, -0.25) is 4.98 Å². The summed E-state index contributed by atoms with van der Waals surface area (Å²) >= 11 is 6.34. The van der Waals surface area contributed by atoms with Gasteiger partial charge in [0, 0.05) is 37.9 Å². The minimum absolute atomic E-state index is 0.000347. The summed E-state index contributed by atoms with van der Waals surface area (Å²) in [6.07, 6.45) is 2.71. The number of likely N-dealkylation sites (N-methyl/N-ethyl adjacent to an activating group) is 1. The van der Waals surface area contributed by atoms with Crippen molar-refractivity contribution in [2.45, 2.75) is 19.4 Å². The largest absolute Gasteiger partial charge is 0.373 e. The van der Waals surface area contributed by atoms with E-state index in [1.54, 1.807) is 0 Å². The molecule has 0 aliphatic carbocycles. The molecular formula is C16H20ClN3. The van der Waals surface area contributed by atoms with Gasteiger partial charge in [-0.1, -0.05) is 23.7 Å². The van der Waals surface area contributed by atoms with E-state index in [-0.39, 0.29) is 6.04 Å². The zero-order valence-corrected chi connectivity index (χ0v) is 12.6. The molecular weight excluding hydrogens is 270 g/mol. The van der Waals surface area contributed by atoms with Crippen LogP contribution in [0.15, 0.2) is 42.6 Å². The van der Waals surface area contributed by atoms with Gasteiger partial charge in [0.05, 0.1) is 10.7 Å². The number of aromatic nitrogens is 1. The van der Waals surface area contributed by atoms with Crippen LogP contribution in [-0.2, 0) is 6.42 Å². The summed E-state index contributed by atoms with van der Waals surface area (Å²) in [5.41, 5.74) is 9.02. The lowest BCUT2D eigenvalue weighted by molar-refractivity contribution is 0.815. The number of nitrogens with zero attached hydrogens (tertiary/aromatic N) is 2. The molecule has 0 saturated heterocycles. The van der Waals surface area contributed by atoms with Gasteiger partial charge in [0.25, 0.3) is 0 Å². The van der Waals surface area contributed by atoms with Crippen molar-refractivity contribution in [3.63, 3.8) is 0 Å². The zero-order valence-electron chi connectivity index (χ0n) is 11.9. The van der Waals surface area contributed by atoms with Crippen LogP contribution in [0.3, 0.4) is 0 Å². The minimum atomic E-state index is 0.000347. The Bertz CT molecular complexity index is 555. The van der Waals surface area contributed by atoms with Crippen molar-refractivity contribution < 1.29 is 0 Å². The molecule has 1 aromatic carbocycles. The molecule has 0 amide bonds. The summed E-state index contributed by atoms with van der Waals surface area (Å²) in [4.78, 5) is 6.47. The van der Waals surface area contributed by atoms with Crippen LogP contribution in [0, 0.1) is 0 Å². The molecule has 3 nitrogen and oxygen atoms in total. The van der Waals surface area contributed by atoms with Gasteiger partial charge in [0.2, 0.25) is 0 Å². The van der Waals surface area contributed by atoms with Crippen LogP contribution in [0.5, 0.6) is 0 Å². The van der Waals surface area contributed by atoms with Crippen LogP contribution in [0.4, 0.5) is 5.69 Å². The van der Waals surface area contributed by atoms with Crippen molar-refractivity contribution in [3.8, 4) is 0 Å². The van der Waals surface area contributed by atoms with E-state index < -0.39 is 0 Å². The van der Waals surface area contributed by atoms with Gasteiger partial charge in [-0.05, 0) is 36.8 Å². The van der Waals surface area contributed by atoms with Crippen molar-refractivity contribution in [3.05, 3.63) is 58.9 Å². The van der Waals surface area contributed by atoms with E-state index in [9.17, 15) is 0 Å². The van der Waals surface area contributed by atoms with Gasteiger partial charge in [0.1, 0.15) is 0 Å². The maximum Gasteiger partial charge on any atom is 0.0642 e. The summed E-state index contributed by atoms with van der Waals surface area (Å²) in [7, 11) is 2.04. The first kappa shape index (κ1) is 14.8. The highest BCUT2D eigenvalue weighted by atomic mass is 35.5. The number of rotatable bonds is 5. The first-order valence-corrected chi connectivity index (χ1v) is 7.12. The molecule has 106 valence electrons. The smallest absolute Gasteiger partial charge is 0.0642 e. The third-order valence-electron chi connectivity index (χ3n) is 3.34. The Morgan fingerprint density at radius 1 is 1.30 bits per heavy atom. The fourth-order valence-corrected chi connectivity index (χ4v) is 2.40. The van der Waals surface area contributed by atoms with E-state index in [0.717, 1.165) is 34.9 Å². The molecule has 0 fully saturated rings. The molecule has 0 unspecified atom stereocenters. The lowest BCUT2D eigenvalue weighted by Crippen LogP contribution is -2.21. The van der Waals surface area contributed by atoms with Gasteiger partial charge >= 0.3 is 0 Å². The Morgan fingerprint density at radius 2 is 2.10 bits per heavy atom. The predicted molar refractivity (Wildman–Crippen MR) is 85.3 cm³/mol. The van der Waals surface area contributed by atoms with Crippen molar-refractivity contribution in [2.75, 3.05) is 18.5 Å². The molecule has 0 aliphatic heterocycles. The van der Waals surface area contributed by atoms with E-state index in [2.05, 4.69) is 9.88 Å². The number of halogens is 1. The quantitative estimate of drug-likeness (QED) is 0.917. The molecule has 0 spiro atoms. The standard InChI is InChI=1S/C16H20ClN3/c1-12(18)13-6-7-16(15(17)11-13)20(2)10-8-14-5-3-4-9-19-14/h3-7,9,11-12H,8,10,18H2,1-2H3/t12-/m1/s1. The predicted octanol–water partition coefficient (Wildman–Crippen LogP) is 3.43. The number of nitrogens with two attached hydrogens (primary N) is 1. The molecule has 2 N–H and O–H groups in total. The fraction of sp³-hybridized carbons (Fsp3) is 0.312. The molecule has 2 rings (SSSR count). The van der Waals surface area contributed by atoms with Crippen LogP contribution in [-0.4, -0.2) is 18.6 Å². The van der Waals surface area contributed by atoms with E-state index in [0.29, 0.717) is 0 Å². The summed E-state index contributed by atoms with van der Waals surface area (Å²) in [5.74, 6) is 0. The molecule has 1 atom stereocenters. The molecule has 1 heterocycles. The SMILES string of the molecule is C[C@@H](N)c1ccc(N(C)CCc2ccccn2)c(Cl)c1. The maximum atomic E-state index is 6.34. The van der Waals surface area contributed by atoms with E-state index in [1.165, 1.54) is 0 Å². The Hall–Kier alpha value is -1.58. The highest BCUT2D eigenvalue weighted by molar-refractivity contribution is 6.33. The Morgan fingerprint density at radius 3 is 2.70 bits per heavy atom. The van der Waals surface area contributed by atoms with Crippen LogP contribution >= 0.6 is 11.6 Å². The molecule has 2 aromatic rings. The fourth-order valence-electron chi connectivity index (χ4n) is 2.06. The number of benzene rings is 1. The molecule has 1 aromatic heterocycles. The third kappa shape index (κ3) is 3.71. The molecule has 0 aliphatic rings. The number of hydrogen-bond acceptors (Lipinski definition) is 3. The average molecular weight is 290 g/mol. The molecule has 4 heteroatoms.